The maximum Gasteiger partial charge on any atom is 0.326 e. The Kier molecular flexibility index (Phi) is 13.5. The van der Waals surface area contributed by atoms with Crippen LogP contribution in [0.1, 0.15) is 33.1 Å². The van der Waals surface area contributed by atoms with Crippen LogP contribution in [0.15, 0.2) is 0 Å². The number of carbonyl (C=O) groups excluding carboxylic acids is 3. The van der Waals surface area contributed by atoms with Gasteiger partial charge in [0.2, 0.25) is 17.7 Å². The summed E-state index contributed by atoms with van der Waals surface area (Å²) in [5, 5.41) is 34.4. The topological polar surface area (TPSA) is 208 Å². The van der Waals surface area contributed by atoms with Crippen LogP contribution in [0.25, 0.3) is 0 Å². The number of thioether (sulfide) groups is 1. The summed E-state index contributed by atoms with van der Waals surface area (Å²) < 4.78 is 0. The van der Waals surface area contributed by atoms with Gasteiger partial charge >= 0.3 is 11.9 Å². The van der Waals surface area contributed by atoms with Gasteiger partial charge in [-0.2, -0.15) is 11.8 Å². The summed E-state index contributed by atoms with van der Waals surface area (Å²) in [6.45, 7) is 2.77. The molecule has 0 fully saturated rings. The van der Waals surface area contributed by atoms with E-state index in [1.54, 1.807) is 20.1 Å². The van der Waals surface area contributed by atoms with Gasteiger partial charge in [-0.05, 0) is 30.8 Å². The summed E-state index contributed by atoms with van der Waals surface area (Å²) in [6, 6.07) is -5.14. The number of carboxylic acid groups (broad SMARTS) is 2. The molecule has 0 heterocycles. The number of aliphatic hydroxyl groups is 1. The molecule has 0 aliphatic carbocycles. The first-order chi connectivity index (χ1) is 14.4. The van der Waals surface area contributed by atoms with E-state index in [2.05, 4.69) is 16.0 Å². The average Bonchev–Trinajstić information content (AvgIpc) is 2.66. The van der Waals surface area contributed by atoms with Crippen molar-refractivity contribution in [1.82, 2.24) is 16.0 Å². The molecular weight excluding hydrogens is 432 g/mol. The van der Waals surface area contributed by atoms with Crippen molar-refractivity contribution in [3.8, 4) is 0 Å². The molecule has 178 valence electrons. The minimum atomic E-state index is -1.47. The lowest BCUT2D eigenvalue weighted by molar-refractivity contribution is -0.142. The van der Waals surface area contributed by atoms with Crippen LogP contribution in [0.5, 0.6) is 0 Å². The number of nitrogens with one attached hydrogen (secondary N) is 3. The number of amides is 3. The fraction of sp³-hybridized carbons (Fsp3) is 0.722. The Morgan fingerprint density at radius 1 is 0.903 bits per heavy atom. The van der Waals surface area contributed by atoms with Gasteiger partial charge in [0.1, 0.15) is 18.1 Å². The van der Waals surface area contributed by atoms with Gasteiger partial charge in [0.05, 0.1) is 19.1 Å². The van der Waals surface area contributed by atoms with Gasteiger partial charge in [0, 0.05) is 0 Å². The fourth-order valence-electron chi connectivity index (χ4n) is 2.49. The van der Waals surface area contributed by atoms with Crippen molar-refractivity contribution < 1.29 is 39.3 Å². The third-order valence-corrected chi connectivity index (χ3v) is 4.76. The molecule has 3 amide bonds. The average molecular weight is 465 g/mol. The molecule has 0 aromatic heterocycles. The lowest BCUT2D eigenvalue weighted by atomic mass is 10.0. The Bertz CT molecular complexity index is 646. The Hall–Kier alpha value is -2.38. The summed E-state index contributed by atoms with van der Waals surface area (Å²) >= 11 is 1.42. The van der Waals surface area contributed by atoms with Crippen molar-refractivity contribution in [2.75, 3.05) is 18.6 Å². The summed E-state index contributed by atoms with van der Waals surface area (Å²) in [7, 11) is 0. The molecule has 0 radical (unpaired) electrons. The normalized spacial score (nSPS) is 14.8. The van der Waals surface area contributed by atoms with Crippen molar-refractivity contribution in [3.05, 3.63) is 0 Å². The van der Waals surface area contributed by atoms with E-state index in [1.807, 2.05) is 0 Å². The van der Waals surface area contributed by atoms with E-state index in [4.69, 9.17) is 10.8 Å². The van der Waals surface area contributed by atoms with Crippen LogP contribution in [0.2, 0.25) is 0 Å². The highest BCUT2D eigenvalue weighted by molar-refractivity contribution is 7.98. The molecule has 0 aromatic rings. The molecular formula is C18H32N4O8S. The predicted molar refractivity (Wildman–Crippen MR) is 113 cm³/mol. The highest BCUT2D eigenvalue weighted by atomic mass is 32.2. The third-order valence-electron chi connectivity index (χ3n) is 4.11. The van der Waals surface area contributed by atoms with Gasteiger partial charge < -0.3 is 37.0 Å². The summed E-state index contributed by atoms with van der Waals surface area (Å²) in [6.07, 6.45) is 1.50. The Morgan fingerprint density at radius 3 is 1.87 bits per heavy atom. The fourth-order valence-corrected chi connectivity index (χ4v) is 2.97. The van der Waals surface area contributed by atoms with Crippen LogP contribution in [0.4, 0.5) is 0 Å². The number of rotatable bonds is 15. The molecule has 31 heavy (non-hydrogen) atoms. The Labute approximate surface area is 184 Å². The zero-order valence-corrected chi connectivity index (χ0v) is 18.6. The number of carboxylic acids is 2. The van der Waals surface area contributed by atoms with E-state index in [9.17, 15) is 34.2 Å². The van der Waals surface area contributed by atoms with Crippen molar-refractivity contribution in [2.45, 2.75) is 57.3 Å². The molecule has 8 N–H and O–H groups in total. The molecule has 4 unspecified atom stereocenters. The second-order valence-electron chi connectivity index (χ2n) is 7.32. The Morgan fingerprint density at radius 2 is 1.42 bits per heavy atom. The summed E-state index contributed by atoms with van der Waals surface area (Å²) in [4.78, 5) is 59.1. The summed E-state index contributed by atoms with van der Waals surface area (Å²) in [5.74, 6) is -4.61. The van der Waals surface area contributed by atoms with E-state index in [0.717, 1.165) is 0 Å². The number of carbonyl (C=O) groups is 5. The van der Waals surface area contributed by atoms with Crippen LogP contribution in [0.3, 0.4) is 0 Å². The van der Waals surface area contributed by atoms with Gasteiger partial charge in [-0.3, -0.25) is 19.2 Å². The minimum Gasteiger partial charge on any atom is -0.481 e. The van der Waals surface area contributed by atoms with E-state index >= 15 is 0 Å². The van der Waals surface area contributed by atoms with Crippen molar-refractivity contribution in [2.24, 2.45) is 11.7 Å². The van der Waals surface area contributed by atoms with Crippen molar-refractivity contribution in [1.29, 1.82) is 0 Å². The van der Waals surface area contributed by atoms with Crippen LogP contribution in [0, 0.1) is 5.92 Å². The molecule has 0 saturated heterocycles. The number of aliphatic carboxylic acids is 2. The number of hydrogen-bond donors (Lipinski definition) is 7. The first kappa shape index (κ1) is 28.6. The van der Waals surface area contributed by atoms with Crippen LogP contribution < -0.4 is 21.7 Å². The number of hydrogen-bond acceptors (Lipinski definition) is 8. The molecule has 12 nitrogen and oxygen atoms in total. The van der Waals surface area contributed by atoms with Crippen molar-refractivity contribution in [3.63, 3.8) is 0 Å². The van der Waals surface area contributed by atoms with E-state index in [1.165, 1.54) is 11.8 Å². The quantitative estimate of drug-likeness (QED) is 0.143. The molecule has 4 atom stereocenters. The van der Waals surface area contributed by atoms with Crippen LogP contribution in [-0.4, -0.2) is 87.8 Å². The third kappa shape index (κ3) is 11.5. The molecule has 0 aromatic carbocycles. The first-order valence-electron chi connectivity index (χ1n) is 9.63. The molecule has 0 spiro atoms. The lowest BCUT2D eigenvalue weighted by Gasteiger charge is -2.25. The highest BCUT2D eigenvalue weighted by Gasteiger charge is 2.30. The summed E-state index contributed by atoms with van der Waals surface area (Å²) in [5.41, 5.74) is 5.43. The maximum atomic E-state index is 12.6. The number of nitrogens with two attached hydrogens (primary N) is 1. The zero-order chi connectivity index (χ0) is 24.1. The second kappa shape index (κ2) is 14.6. The lowest BCUT2D eigenvalue weighted by Crippen LogP contribution is -2.58. The molecule has 0 rings (SSSR count). The maximum absolute atomic E-state index is 12.6. The highest BCUT2D eigenvalue weighted by Crippen LogP contribution is 2.08. The van der Waals surface area contributed by atoms with Gasteiger partial charge in [0.15, 0.2) is 0 Å². The van der Waals surface area contributed by atoms with E-state index < -0.39 is 66.9 Å². The predicted octanol–water partition coefficient (Wildman–Crippen LogP) is -1.88. The Balaban J connectivity index is 5.23. The molecule has 0 saturated carbocycles. The smallest absolute Gasteiger partial charge is 0.326 e. The SMILES string of the molecule is CSCCC(NC(=O)C(CC(C)C)NC(=O)C(CO)NC(=O)C(N)CC(=O)O)C(=O)O. The van der Waals surface area contributed by atoms with Crippen LogP contribution in [-0.2, 0) is 24.0 Å². The molecule has 13 heteroatoms. The van der Waals surface area contributed by atoms with Gasteiger partial charge in [-0.25, -0.2) is 4.79 Å². The van der Waals surface area contributed by atoms with Gasteiger partial charge in [0.25, 0.3) is 0 Å². The molecule has 0 aliphatic rings. The first-order valence-corrected chi connectivity index (χ1v) is 11.0. The molecule has 0 bridgehead atoms. The van der Waals surface area contributed by atoms with Gasteiger partial charge in [-0.15, -0.1) is 0 Å². The monoisotopic (exact) mass is 464 g/mol. The van der Waals surface area contributed by atoms with E-state index in [0.29, 0.717) is 5.75 Å². The van der Waals surface area contributed by atoms with Gasteiger partial charge in [-0.1, -0.05) is 13.8 Å². The standard InChI is InChI=1S/C18H32N4O8S/c1-9(2)6-12(16(27)20-11(18(29)30)4-5-31-3)21-17(28)13(8-23)22-15(26)10(19)7-14(24)25/h9-13,23H,4-8,19H2,1-3H3,(H,20,27)(H,21,28)(H,22,26)(H,24,25)(H,29,30). The largest absolute Gasteiger partial charge is 0.481 e. The zero-order valence-electron chi connectivity index (χ0n) is 17.8. The second-order valence-corrected chi connectivity index (χ2v) is 8.31. The molecule has 0 aliphatic heterocycles. The van der Waals surface area contributed by atoms with Crippen LogP contribution >= 0.6 is 11.8 Å². The minimum absolute atomic E-state index is 0.0447. The van der Waals surface area contributed by atoms with Crippen molar-refractivity contribution >= 4 is 41.4 Å². The number of aliphatic hydroxyl groups excluding tert-OH is 1. The van der Waals surface area contributed by atoms with E-state index in [-0.39, 0.29) is 18.8 Å².